The van der Waals surface area contributed by atoms with Crippen molar-refractivity contribution < 1.29 is 4.74 Å². The lowest BCUT2D eigenvalue weighted by Crippen LogP contribution is -2.20. The Hall–Kier alpha value is -1.39. The molecule has 0 fully saturated rings. The molecule has 0 amide bonds. The summed E-state index contributed by atoms with van der Waals surface area (Å²) in [6.07, 6.45) is 2.89. The van der Waals surface area contributed by atoms with Crippen LogP contribution in [0.4, 0.5) is 0 Å². The number of halogens is 1. The average molecular weight is 335 g/mol. The van der Waals surface area contributed by atoms with Gasteiger partial charge in [0.2, 0.25) is 0 Å². The van der Waals surface area contributed by atoms with E-state index in [9.17, 15) is 0 Å². The molecule has 0 saturated heterocycles. The first kappa shape index (κ1) is 15.0. The number of rotatable bonds is 6. The summed E-state index contributed by atoms with van der Waals surface area (Å²) in [7, 11) is 0. The van der Waals surface area contributed by atoms with Crippen molar-refractivity contribution in [1.82, 2.24) is 10.3 Å². The molecule has 1 N–H and O–H groups in total. The van der Waals surface area contributed by atoms with Crippen LogP contribution in [0.5, 0.6) is 11.5 Å². The molecule has 2 aromatic rings. The minimum Gasteiger partial charge on any atom is -0.456 e. The highest BCUT2D eigenvalue weighted by Crippen LogP contribution is 2.23. The highest BCUT2D eigenvalue weighted by molar-refractivity contribution is 9.10. The van der Waals surface area contributed by atoms with Gasteiger partial charge in [-0.05, 0) is 56.3 Å². The number of hydrogen-bond acceptors (Lipinski definition) is 3. The first-order valence-corrected chi connectivity index (χ1v) is 7.61. The van der Waals surface area contributed by atoms with Crippen LogP contribution >= 0.6 is 15.9 Å². The molecular weight excluding hydrogens is 316 g/mol. The fraction of sp³-hybridized carbons (Fsp3) is 0.312. The Bertz CT molecular complexity index is 525. The SMILES string of the molecule is CCCNC(C)c1ccc(Oc2ccc(Br)cc2)cn1. The third-order valence-corrected chi connectivity index (χ3v) is 3.48. The minimum atomic E-state index is 0.261. The number of nitrogens with one attached hydrogen (secondary N) is 1. The van der Waals surface area contributed by atoms with Gasteiger partial charge in [-0.1, -0.05) is 22.9 Å². The third kappa shape index (κ3) is 4.32. The van der Waals surface area contributed by atoms with Crippen LogP contribution in [-0.2, 0) is 0 Å². The summed E-state index contributed by atoms with van der Waals surface area (Å²) in [6.45, 7) is 5.27. The first-order chi connectivity index (χ1) is 9.69. The summed E-state index contributed by atoms with van der Waals surface area (Å²) in [4.78, 5) is 4.45. The molecule has 0 radical (unpaired) electrons. The molecule has 1 heterocycles. The highest BCUT2D eigenvalue weighted by atomic mass is 79.9. The van der Waals surface area contributed by atoms with Crippen molar-refractivity contribution in [2.24, 2.45) is 0 Å². The molecule has 4 heteroatoms. The number of pyridine rings is 1. The van der Waals surface area contributed by atoms with Crippen molar-refractivity contribution in [2.45, 2.75) is 26.3 Å². The molecule has 2 rings (SSSR count). The van der Waals surface area contributed by atoms with Crippen molar-refractivity contribution in [3.8, 4) is 11.5 Å². The summed E-state index contributed by atoms with van der Waals surface area (Å²) in [5.41, 5.74) is 1.03. The number of benzene rings is 1. The fourth-order valence-electron chi connectivity index (χ4n) is 1.81. The van der Waals surface area contributed by atoms with Gasteiger partial charge in [-0.25, -0.2) is 0 Å². The van der Waals surface area contributed by atoms with E-state index in [2.05, 4.69) is 40.1 Å². The van der Waals surface area contributed by atoms with Gasteiger partial charge in [0.25, 0.3) is 0 Å². The Labute approximate surface area is 128 Å². The van der Waals surface area contributed by atoms with Crippen molar-refractivity contribution in [1.29, 1.82) is 0 Å². The maximum absolute atomic E-state index is 5.75. The van der Waals surface area contributed by atoms with E-state index in [1.54, 1.807) is 6.20 Å². The summed E-state index contributed by atoms with van der Waals surface area (Å²) >= 11 is 3.40. The molecule has 1 atom stereocenters. The Morgan fingerprint density at radius 1 is 1.15 bits per heavy atom. The van der Waals surface area contributed by atoms with Gasteiger partial charge >= 0.3 is 0 Å². The van der Waals surface area contributed by atoms with Crippen molar-refractivity contribution in [2.75, 3.05) is 6.54 Å². The van der Waals surface area contributed by atoms with E-state index in [1.807, 2.05) is 36.4 Å². The van der Waals surface area contributed by atoms with Gasteiger partial charge in [-0.2, -0.15) is 0 Å². The van der Waals surface area contributed by atoms with Crippen molar-refractivity contribution in [3.05, 3.63) is 52.8 Å². The van der Waals surface area contributed by atoms with Crippen LogP contribution in [-0.4, -0.2) is 11.5 Å². The predicted octanol–water partition coefficient (Wildman–Crippen LogP) is 4.70. The van der Waals surface area contributed by atoms with Crippen LogP contribution < -0.4 is 10.1 Å². The lowest BCUT2D eigenvalue weighted by Gasteiger charge is -2.13. The standard InChI is InChI=1S/C16H19BrN2O/c1-3-10-18-12(2)16-9-8-15(11-19-16)20-14-6-4-13(17)5-7-14/h4-9,11-12,18H,3,10H2,1-2H3. The third-order valence-electron chi connectivity index (χ3n) is 2.95. The van der Waals surface area contributed by atoms with Gasteiger partial charge in [0.1, 0.15) is 11.5 Å². The molecule has 0 aliphatic rings. The van der Waals surface area contributed by atoms with Gasteiger partial charge in [0.15, 0.2) is 0 Å². The lowest BCUT2D eigenvalue weighted by atomic mass is 10.2. The molecule has 3 nitrogen and oxygen atoms in total. The number of nitrogens with zero attached hydrogens (tertiary/aromatic N) is 1. The normalized spacial score (nSPS) is 12.2. The van der Waals surface area contributed by atoms with E-state index in [-0.39, 0.29) is 6.04 Å². The second-order valence-corrected chi connectivity index (χ2v) is 5.57. The molecule has 1 aromatic carbocycles. The van der Waals surface area contributed by atoms with Crippen LogP contribution in [0.25, 0.3) is 0 Å². The molecule has 0 spiro atoms. The predicted molar refractivity (Wildman–Crippen MR) is 85.2 cm³/mol. The summed E-state index contributed by atoms with van der Waals surface area (Å²) in [5, 5.41) is 3.42. The highest BCUT2D eigenvalue weighted by Gasteiger charge is 2.06. The Morgan fingerprint density at radius 3 is 2.45 bits per heavy atom. The number of ether oxygens (including phenoxy) is 1. The summed E-state index contributed by atoms with van der Waals surface area (Å²) in [6, 6.07) is 12.0. The number of hydrogen-bond donors (Lipinski definition) is 1. The van der Waals surface area contributed by atoms with Crippen LogP contribution in [0.15, 0.2) is 47.1 Å². The fourth-order valence-corrected chi connectivity index (χ4v) is 2.08. The van der Waals surface area contributed by atoms with Crippen LogP contribution in [0.1, 0.15) is 32.0 Å². The maximum atomic E-state index is 5.75. The van der Waals surface area contributed by atoms with Crippen LogP contribution in [0, 0.1) is 0 Å². The molecule has 0 aliphatic carbocycles. The van der Waals surface area contributed by atoms with Crippen molar-refractivity contribution in [3.63, 3.8) is 0 Å². The Kier molecular flexibility index (Phi) is 5.56. The quantitative estimate of drug-likeness (QED) is 0.831. The Balaban J connectivity index is 1.99. The van der Waals surface area contributed by atoms with Crippen LogP contribution in [0.2, 0.25) is 0 Å². The van der Waals surface area contributed by atoms with Crippen molar-refractivity contribution >= 4 is 15.9 Å². The number of aromatic nitrogens is 1. The molecule has 0 saturated carbocycles. The molecule has 1 aromatic heterocycles. The molecule has 20 heavy (non-hydrogen) atoms. The smallest absolute Gasteiger partial charge is 0.145 e. The zero-order valence-electron chi connectivity index (χ0n) is 11.8. The van der Waals surface area contributed by atoms with Crippen LogP contribution in [0.3, 0.4) is 0 Å². The summed E-state index contributed by atoms with van der Waals surface area (Å²) in [5.74, 6) is 1.55. The van der Waals surface area contributed by atoms with Gasteiger partial charge in [0, 0.05) is 10.5 Å². The van der Waals surface area contributed by atoms with E-state index >= 15 is 0 Å². The second-order valence-electron chi connectivity index (χ2n) is 4.65. The maximum Gasteiger partial charge on any atom is 0.145 e. The lowest BCUT2D eigenvalue weighted by molar-refractivity contribution is 0.477. The molecular formula is C16H19BrN2O. The van der Waals surface area contributed by atoms with E-state index in [1.165, 1.54) is 0 Å². The molecule has 106 valence electrons. The largest absolute Gasteiger partial charge is 0.456 e. The summed E-state index contributed by atoms with van der Waals surface area (Å²) < 4.78 is 6.78. The second kappa shape index (κ2) is 7.41. The van der Waals surface area contributed by atoms with Gasteiger partial charge in [-0.15, -0.1) is 0 Å². The molecule has 0 bridgehead atoms. The minimum absolute atomic E-state index is 0.261. The zero-order chi connectivity index (χ0) is 14.4. The monoisotopic (exact) mass is 334 g/mol. The average Bonchev–Trinajstić information content (AvgIpc) is 2.48. The van der Waals surface area contributed by atoms with E-state index in [0.717, 1.165) is 34.6 Å². The first-order valence-electron chi connectivity index (χ1n) is 6.82. The molecule has 1 unspecified atom stereocenters. The van der Waals surface area contributed by atoms with Gasteiger partial charge in [0.05, 0.1) is 11.9 Å². The molecule has 0 aliphatic heterocycles. The zero-order valence-corrected chi connectivity index (χ0v) is 13.4. The van der Waals surface area contributed by atoms with E-state index in [4.69, 9.17) is 4.74 Å². The Morgan fingerprint density at radius 2 is 1.85 bits per heavy atom. The van der Waals surface area contributed by atoms with E-state index in [0.29, 0.717) is 0 Å². The topological polar surface area (TPSA) is 34.1 Å². The van der Waals surface area contributed by atoms with Gasteiger partial charge in [-0.3, -0.25) is 4.98 Å². The van der Waals surface area contributed by atoms with E-state index < -0.39 is 0 Å². The van der Waals surface area contributed by atoms with Gasteiger partial charge < -0.3 is 10.1 Å².